The summed E-state index contributed by atoms with van der Waals surface area (Å²) < 4.78 is 13.2. The van der Waals surface area contributed by atoms with Gasteiger partial charge in [-0.2, -0.15) is 15.1 Å². The van der Waals surface area contributed by atoms with Gasteiger partial charge in [-0.3, -0.25) is 5.10 Å². The third-order valence-electron chi connectivity index (χ3n) is 9.01. The van der Waals surface area contributed by atoms with Gasteiger partial charge in [0.1, 0.15) is 17.9 Å². The molecule has 9 heteroatoms. The molecule has 7 rings (SSSR count). The minimum Gasteiger partial charge on any atom is -0.487 e. The zero-order valence-corrected chi connectivity index (χ0v) is 24.1. The molecule has 2 aromatic carbocycles. The van der Waals surface area contributed by atoms with Crippen LogP contribution in [0.1, 0.15) is 56.9 Å². The number of H-pyrrole nitrogens is 1. The average Bonchev–Trinajstić information content (AvgIpc) is 3.59. The molecule has 0 radical (unpaired) electrons. The van der Waals surface area contributed by atoms with Crippen molar-refractivity contribution in [3.05, 3.63) is 35.0 Å². The number of nitrogens with zero attached hydrogens (tertiary/aromatic N) is 5. The quantitative estimate of drug-likeness (QED) is 0.275. The SMILES string of the molecule is Cc1ccc2[nH]ncc2c1-c1c(Cl)cc2c(N3CCCCC3)nc(OC[C@@H]3CCCN3C)nc2c1OC1CCC1. The normalized spacial score (nSPS) is 20.4. The van der Waals surface area contributed by atoms with Crippen molar-refractivity contribution in [2.45, 2.75) is 70.4 Å². The lowest BCUT2D eigenvalue weighted by molar-refractivity contribution is 0.122. The Bertz CT molecular complexity index is 1540. The Labute approximate surface area is 240 Å². The Morgan fingerprint density at radius 1 is 0.975 bits per heavy atom. The minimum atomic E-state index is 0.147. The van der Waals surface area contributed by atoms with E-state index >= 15 is 0 Å². The first-order valence-corrected chi connectivity index (χ1v) is 15.2. The molecular formula is C31H37ClN6O2. The number of fused-ring (bicyclic) bond motifs is 2. The molecule has 0 unspecified atom stereocenters. The van der Waals surface area contributed by atoms with Gasteiger partial charge in [-0.15, -0.1) is 0 Å². The molecule has 40 heavy (non-hydrogen) atoms. The summed E-state index contributed by atoms with van der Waals surface area (Å²) in [4.78, 5) is 14.8. The molecule has 210 valence electrons. The number of aryl methyl sites for hydroxylation is 1. The van der Waals surface area contributed by atoms with Crippen LogP contribution < -0.4 is 14.4 Å². The summed E-state index contributed by atoms with van der Waals surface area (Å²) in [5, 5.41) is 10.0. The molecule has 1 N–H and O–H groups in total. The third-order valence-corrected chi connectivity index (χ3v) is 9.31. The second kappa shape index (κ2) is 10.7. The molecular weight excluding hydrogens is 524 g/mol. The van der Waals surface area contributed by atoms with Crippen LogP contribution in [0.15, 0.2) is 24.4 Å². The fourth-order valence-corrected chi connectivity index (χ4v) is 6.69. The summed E-state index contributed by atoms with van der Waals surface area (Å²) in [7, 11) is 2.17. The number of likely N-dealkylation sites (N-methyl/N-ethyl adjacent to an activating group) is 1. The number of aromatic nitrogens is 4. The van der Waals surface area contributed by atoms with Crippen LogP contribution >= 0.6 is 11.6 Å². The molecule has 2 aliphatic heterocycles. The van der Waals surface area contributed by atoms with Gasteiger partial charge in [0.05, 0.1) is 22.8 Å². The van der Waals surface area contributed by atoms with Crippen LogP contribution in [0.3, 0.4) is 0 Å². The highest BCUT2D eigenvalue weighted by Crippen LogP contribution is 2.48. The van der Waals surface area contributed by atoms with Crippen molar-refractivity contribution < 1.29 is 9.47 Å². The number of benzene rings is 2. The lowest BCUT2D eigenvalue weighted by Crippen LogP contribution is -2.32. The number of likely N-dealkylation sites (tertiary alicyclic amines) is 1. The number of rotatable bonds is 7. The van der Waals surface area contributed by atoms with Crippen LogP contribution in [0.4, 0.5) is 5.82 Å². The van der Waals surface area contributed by atoms with Crippen molar-refractivity contribution in [2.24, 2.45) is 0 Å². The van der Waals surface area contributed by atoms with E-state index in [-0.39, 0.29) is 6.10 Å². The Morgan fingerprint density at radius 2 is 1.82 bits per heavy atom. The number of halogens is 1. The van der Waals surface area contributed by atoms with Crippen LogP contribution in [-0.2, 0) is 0 Å². The van der Waals surface area contributed by atoms with Crippen LogP contribution in [0.2, 0.25) is 5.02 Å². The highest BCUT2D eigenvalue weighted by Gasteiger charge is 2.29. The zero-order chi connectivity index (χ0) is 27.2. The molecule has 8 nitrogen and oxygen atoms in total. The number of ether oxygens (including phenoxy) is 2. The van der Waals surface area contributed by atoms with E-state index in [9.17, 15) is 0 Å². The summed E-state index contributed by atoms with van der Waals surface area (Å²) in [6.45, 7) is 5.71. The number of hydrogen-bond donors (Lipinski definition) is 1. The van der Waals surface area contributed by atoms with Crippen LogP contribution in [0.25, 0.3) is 32.9 Å². The molecule has 3 aliphatic rings. The number of anilines is 1. The fraction of sp³-hybridized carbons (Fsp3) is 0.516. The molecule has 2 aromatic heterocycles. The maximum Gasteiger partial charge on any atom is 0.319 e. The van der Waals surface area contributed by atoms with Gasteiger partial charge in [0.2, 0.25) is 0 Å². The summed E-state index contributed by atoms with van der Waals surface area (Å²) >= 11 is 7.22. The first-order chi connectivity index (χ1) is 19.6. The Morgan fingerprint density at radius 3 is 2.58 bits per heavy atom. The van der Waals surface area contributed by atoms with Crippen molar-refractivity contribution in [1.29, 1.82) is 0 Å². The van der Waals surface area contributed by atoms with Crippen molar-refractivity contribution in [1.82, 2.24) is 25.1 Å². The largest absolute Gasteiger partial charge is 0.487 e. The number of nitrogens with one attached hydrogen (secondary N) is 1. The molecule has 4 heterocycles. The van der Waals surface area contributed by atoms with Gasteiger partial charge >= 0.3 is 6.01 Å². The van der Waals surface area contributed by atoms with E-state index in [1.165, 1.54) is 19.3 Å². The second-order valence-corrected chi connectivity index (χ2v) is 12.1. The highest BCUT2D eigenvalue weighted by molar-refractivity contribution is 6.35. The first kappa shape index (κ1) is 25.8. The van der Waals surface area contributed by atoms with E-state index < -0.39 is 0 Å². The fourth-order valence-electron chi connectivity index (χ4n) is 6.40. The zero-order valence-electron chi connectivity index (χ0n) is 23.4. The topological polar surface area (TPSA) is 79.4 Å². The number of piperidine rings is 1. The maximum atomic E-state index is 7.22. The van der Waals surface area contributed by atoms with E-state index in [0.717, 1.165) is 102 Å². The molecule has 2 saturated heterocycles. The van der Waals surface area contributed by atoms with Gasteiger partial charge in [0.25, 0.3) is 0 Å². The lowest BCUT2D eigenvalue weighted by Gasteiger charge is -2.31. The maximum absolute atomic E-state index is 7.22. The van der Waals surface area contributed by atoms with Gasteiger partial charge in [-0.1, -0.05) is 17.7 Å². The van der Waals surface area contributed by atoms with Gasteiger partial charge in [-0.25, -0.2) is 0 Å². The van der Waals surface area contributed by atoms with Gasteiger partial charge < -0.3 is 19.3 Å². The average molecular weight is 561 g/mol. The highest BCUT2D eigenvalue weighted by atomic mass is 35.5. The smallest absolute Gasteiger partial charge is 0.319 e. The van der Waals surface area contributed by atoms with Crippen molar-refractivity contribution in [3.8, 4) is 22.9 Å². The van der Waals surface area contributed by atoms with Crippen LogP contribution in [0, 0.1) is 6.92 Å². The van der Waals surface area contributed by atoms with Gasteiger partial charge in [0.15, 0.2) is 5.75 Å². The monoisotopic (exact) mass is 560 g/mol. The molecule has 1 atom stereocenters. The number of hydrogen-bond acceptors (Lipinski definition) is 7. The van der Waals surface area contributed by atoms with E-state index in [1.807, 2.05) is 12.3 Å². The van der Waals surface area contributed by atoms with Crippen LogP contribution in [0.5, 0.6) is 11.8 Å². The van der Waals surface area contributed by atoms with Crippen molar-refractivity contribution in [3.63, 3.8) is 0 Å². The Kier molecular flexibility index (Phi) is 6.92. The lowest BCUT2D eigenvalue weighted by atomic mass is 9.93. The van der Waals surface area contributed by atoms with E-state index in [1.54, 1.807) is 0 Å². The van der Waals surface area contributed by atoms with Gasteiger partial charge in [-0.05, 0) is 89.6 Å². The van der Waals surface area contributed by atoms with Crippen molar-refractivity contribution in [2.75, 3.05) is 38.2 Å². The summed E-state index contributed by atoms with van der Waals surface area (Å²) in [5.41, 5.74) is 4.75. The molecule has 0 spiro atoms. The standard InChI is InChI=1S/C31H37ClN6O2/c1-19-11-12-25-23(17-33-36-25)26(19)27-24(32)16-22-28(29(27)40-21-9-6-10-21)34-31(39-18-20-8-7-13-37(20)2)35-30(22)38-14-4-3-5-15-38/h11-12,16-17,20-21H,3-10,13-15,18H2,1-2H3,(H,33,36)/t20-/m0/s1. The van der Waals surface area contributed by atoms with Crippen LogP contribution in [-0.4, -0.2) is 70.5 Å². The summed E-state index contributed by atoms with van der Waals surface area (Å²) in [6, 6.07) is 7.00. The molecule has 1 saturated carbocycles. The predicted octanol–water partition coefficient (Wildman–Crippen LogP) is 6.53. The Hall–Kier alpha value is -3.10. The van der Waals surface area contributed by atoms with Gasteiger partial charge in [0, 0.05) is 41.0 Å². The van der Waals surface area contributed by atoms with E-state index in [4.69, 9.17) is 31.0 Å². The molecule has 3 fully saturated rings. The first-order valence-electron chi connectivity index (χ1n) is 14.8. The molecule has 4 aromatic rings. The minimum absolute atomic E-state index is 0.147. The predicted molar refractivity (Wildman–Crippen MR) is 160 cm³/mol. The molecule has 1 aliphatic carbocycles. The number of aromatic amines is 1. The van der Waals surface area contributed by atoms with E-state index in [0.29, 0.717) is 23.7 Å². The molecule has 0 bridgehead atoms. The Balaban J connectivity index is 1.44. The second-order valence-electron chi connectivity index (χ2n) is 11.7. The summed E-state index contributed by atoms with van der Waals surface area (Å²) in [6.07, 6.45) is 11.1. The molecule has 0 amide bonds. The van der Waals surface area contributed by atoms with Crippen molar-refractivity contribution >= 4 is 39.2 Å². The van der Waals surface area contributed by atoms with E-state index in [2.05, 4.69) is 46.1 Å². The third kappa shape index (κ3) is 4.65. The summed E-state index contributed by atoms with van der Waals surface area (Å²) in [5.74, 6) is 1.62.